The molecule has 0 aliphatic carbocycles. The number of halogens is 3. The number of nitrogens with zero attached hydrogens (tertiary/aromatic N) is 1. The second-order valence-corrected chi connectivity index (χ2v) is 8.67. The number of carbonyl (C=O) groups is 2. The maximum absolute atomic E-state index is 12.9. The van der Waals surface area contributed by atoms with Crippen LogP contribution >= 0.6 is 11.9 Å². The molecule has 3 N–H and O–H groups in total. The number of nitrogens with one attached hydrogen (secondary N) is 3. The maximum atomic E-state index is 12.9. The first-order valence-electron chi connectivity index (χ1n) is 10.5. The van der Waals surface area contributed by atoms with Gasteiger partial charge in [-0.05, 0) is 79.0 Å². The second kappa shape index (κ2) is 9.75. The van der Waals surface area contributed by atoms with Gasteiger partial charge in [0.2, 0.25) is 5.91 Å². The molecule has 0 unspecified atom stereocenters. The molecule has 0 bridgehead atoms. The van der Waals surface area contributed by atoms with Gasteiger partial charge in [-0.1, -0.05) is 12.1 Å². The van der Waals surface area contributed by atoms with Crippen molar-refractivity contribution in [2.45, 2.75) is 24.9 Å². The summed E-state index contributed by atoms with van der Waals surface area (Å²) in [7, 11) is 0. The lowest BCUT2D eigenvalue weighted by atomic mass is 10.2. The summed E-state index contributed by atoms with van der Waals surface area (Å²) >= 11 is 1.35. The fraction of sp³-hybridized carbons (Fsp3) is 0.120. The summed E-state index contributed by atoms with van der Waals surface area (Å²) < 4.78 is 43.5. The first kappa shape index (κ1) is 24.2. The van der Waals surface area contributed by atoms with Crippen molar-refractivity contribution in [3.63, 3.8) is 0 Å². The van der Waals surface area contributed by atoms with Crippen molar-refractivity contribution in [2.75, 3.05) is 15.4 Å². The number of fused-ring (bicyclic) bond motifs is 1. The molecule has 0 fully saturated rings. The fourth-order valence-electron chi connectivity index (χ4n) is 3.45. The highest BCUT2D eigenvalue weighted by atomic mass is 32.2. The van der Waals surface area contributed by atoms with Crippen molar-refractivity contribution >= 4 is 51.9 Å². The predicted octanol–water partition coefficient (Wildman–Crippen LogP) is 7.39. The summed E-state index contributed by atoms with van der Waals surface area (Å²) in [5, 5.41) is 5.99. The van der Waals surface area contributed by atoms with Crippen LogP contribution in [0, 0.1) is 6.92 Å². The molecular weight excluding hydrogens is 477 g/mol. The van der Waals surface area contributed by atoms with Crippen LogP contribution in [0.4, 0.5) is 35.0 Å². The highest BCUT2D eigenvalue weighted by Gasteiger charge is 2.30. The van der Waals surface area contributed by atoms with Crippen molar-refractivity contribution < 1.29 is 22.8 Å². The van der Waals surface area contributed by atoms with Gasteiger partial charge in [-0.15, -0.1) is 0 Å². The minimum atomic E-state index is -4.49. The molecule has 10 heteroatoms. The van der Waals surface area contributed by atoms with Gasteiger partial charge in [0.1, 0.15) is 0 Å². The summed E-state index contributed by atoms with van der Waals surface area (Å²) in [6.45, 7) is 3.43. The molecule has 1 aromatic heterocycles. The average molecular weight is 499 g/mol. The Hall–Kier alpha value is -3.92. The molecule has 1 heterocycles. The number of hydrogen-bond donors (Lipinski definition) is 3. The Labute approximate surface area is 203 Å². The van der Waals surface area contributed by atoms with E-state index in [1.54, 1.807) is 22.9 Å². The number of carbonyl (C=O) groups excluding carboxylic acids is 2. The van der Waals surface area contributed by atoms with E-state index in [0.29, 0.717) is 5.69 Å². The lowest BCUT2D eigenvalue weighted by Crippen LogP contribution is -2.19. The van der Waals surface area contributed by atoms with Crippen LogP contribution in [0.3, 0.4) is 0 Å². The Bertz CT molecular complexity index is 1420. The van der Waals surface area contributed by atoms with Crippen LogP contribution in [0.25, 0.3) is 10.9 Å². The molecule has 35 heavy (non-hydrogen) atoms. The first-order valence-corrected chi connectivity index (χ1v) is 11.3. The molecular formula is C25H21F3N4O2S. The summed E-state index contributed by atoms with van der Waals surface area (Å²) in [6, 6.07) is 16.6. The van der Waals surface area contributed by atoms with Crippen LogP contribution in [0.5, 0.6) is 0 Å². The third-order valence-corrected chi connectivity index (χ3v) is 6.20. The Balaban J connectivity index is 1.42. The van der Waals surface area contributed by atoms with Gasteiger partial charge in [-0.25, -0.2) is 4.79 Å². The van der Waals surface area contributed by atoms with E-state index < -0.39 is 17.8 Å². The van der Waals surface area contributed by atoms with E-state index in [2.05, 4.69) is 15.4 Å². The quantitative estimate of drug-likeness (QED) is 0.251. The molecule has 0 aliphatic heterocycles. The maximum Gasteiger partial charge on any atom is 0.416 e. The van der Waals surface area contributed by atoms with Crippen LogP contribution in [0.1, 0.15) is 22.8 Å². The normalized spacial score (nSPS) is 11.3. The van der Waals surface area contributed by atoms with Crippen molar-refractivity contribution in [3.05, 3.63) is 84.1 Å². The van der Waals surface area contributed by atoms with Gasteiger partial charge in [0.15, 0.2) is 0 Å². The molecule has 0 radical (unpaired) electrons. The van der Waals surface area contributed by atoms with E-state index in [4.69, 9.17) is 0 Å². The third kappa shape index (κ3) is 5.78. The first-order chi connectivity index (χ1) is 16.6. The van der Waals surface area contributed by atoms with Gasteiger partial charge >= 0.3 is 12.2 Å². The van der Waals surface area contributed by atoms with Crippen LogP contribution in [-0.2, 0) is 6.18 Å². The topological polar surface area (TPSA) is 75.2 Å². The van der Waals surface area contributed by atoms with Crippen LogP contribution < -0.4 is 15.4 Å². The molecule has 180 valence electrons. The second-order valence-electron chi connectivity index (χ2n) is 7.82. The summed E-state index contributed by atoms with van der Waals surface area (Å²) in [5.41, 5.74) is 2.31. The number of urea groups is 1. The number of hydrogen-bond acceptors (Lipinski definition) is 4. The number of anilines is 3. The fourth-order valence-corrected chi connectivity index (χ4v) is 4.22. The molecule has 0 spiro atoms. The lowest BCUT2D eigenvalue weighted by Gasteiger charge is -2.13. The highest BCUT2D eigenvalue weighted by Crippen LogP contribution is 2.31. The zero-order valence-corrected chi connectivity index (χ0v) is 19.6. The van der Waals surface area contributed by atoms with Crippen molar-refractivity contribution in [1.82, 2.24) is 4.57 Å². The summed E-state index contributed by atoms with van der Waals surface area (Å²) in [6.07, 6.45) is -2.76. The zero-order valence-electron chi connectivity index (χ0n) is 18.7. The van der Waals surface area contributed by atoms with Crippen molar-refractivity contribution in [2.24, 2.45) is 0 Å². The van der Waals surface area contributed by atoms with Gasteiger partial charge in [0, 0.05) is 40.5 Å². The van der Waals surface area contributed by atoms with Crippen molar-refractivity contribution in [3.8, 4) is 0 Å². The van der Waals surface area contributed by atoms with Gasteiger partial charge < -0.3 is 15.4 Å². The smallest absolute Gasteiger partial charge is 0.326 e. The standard InChI is InChI=1S/C25H21F3N4O2S/c1-15-6-7-20(30-24(34)29-19-5-3-4-18(13-19)25(26,27)28)14-23(15)35-31-21-8-9-22-17(12-21)10-11-32(22)16(2)33/h3-14,31H,1-2H3,(H2,29,30,34). The molecule has 3 aromatic carbocycles. The Morgan fingerprint density at radius 3 is 2.31 bits per heavy atom. The minimum absolute atomic E-state index is 0.0368. The van der Waals surface area contributed by atoms with E-state index in [-0.39, 0.29) is 11.6 Å². The molecule has 0 saturated heterocycles. The number of benzene rings is 3. The van der Waals surface area contributed by atoms with E-state index in [1.165, 1.54) is 31.0 Å². The Morgan fingerprint density at radius 1 is 0.886 bits per heavy atom. The van der Waals surface area contributed by atoms with Gasteiger partial charge in [0.05, 0.1) is 11.1 Å². The Morgan fingerprint density at radius 2 is 1.60 bits per heavy atom. The SMILES string of the molecule is CC(=O)n1ccc2cc(NSc3cc(NC(=O)Nc4cccc(C(F)(F)F)c4)ccc3C)ccc21. The van der Waals surface area contributed by atoms with E-state index >= 15 is 0 Å². The highest BCUT2D eigenvalue weighted by molar-refractivity contribution is 8.00. The molecule has 0 aliphatic rings. The largest absolute Gasteiger partial charge is 0.416 e. The number of rotatable bonds is 5. The van der Waals surface area contributed by atoms with E-state index in [0.717, 1.165) is 39.2 Å². The summed E-state index contributed by atoms with van der Waals surface area (Å²) in [5.74, 6) is -0.0629. The van der Waals surface area contributed by atoms with Crippen LogP contribution in [0.2, 0.25) is 0 Å². The summed E-state index contributed by atoms with van der Waals surface area (Å²) in [4.78, 5) is 24.9. The zero-order chi connectivity index (χ0) is 25.2. The minimum Gasteiger partial charge on any atom is -0.326 e. The van der Waals surface area contributed by atoms with E-state index in [1.807, 2.05) is 37.3 Å². The van der Waals surface area contributed by atoms with Crippen molar-refractivity contribution in [1.29, 1.82) is 0 Å². The molecule has 2 amide bonds. The third-order valence-electron chi connectivity index (χ3n) is 5.20. The number of alkyl halides is 3. The molecule has 6 nitrogen and oxygen atoms in total. The molecule has 0 saturated carbocycles. The van der Waals surface area contributed by atoms with Crippen LogP contribution in [-0.4, -0.2) is 16.5 Å². The van der Waals surface area contributed by atoms with Gasteiger partial charge in [-0.2, -0.15) is 13.2 Å². The number of amides is 2. The molecule has 0 atom stereocenters. The van der Waals surface area contributed by atoms with Crippen LogP contribution in [0.15, 0.2) is 77.8 Å². The molecule has 4 rings (SSSR count). The van der Waals surface area contributed by atoms with E-state index in [9.17, 15) is 22.8 Å². The average Bonchev–Trinajstić information content (AvgIpc) is 3.22. The lowest BCUT2D eigenvalue weighted by molar-refractivity contribution is -0.137. The number of aryl methyl sites for hydroxylation is 1. The van der Waals surface area contributed by atoms with Gasteiger partial charge in [0.25, 0.3) is 0 Å². The van der Waals surface area contributed by atoms with Gasteiger partial charge in [-0.3, -0.25) is 9.36 Å². The Kier molecular flexibility index (Phi) is 6.74. The molecule has 4 aromatic rings. The monoisotopic (exact) mass is 498 g/mol. The number of aromatic nitrogens is 1. The predicted molar refractivity (Wildman–Crippen MR) is 133 cm³/mol.